The predicted octanol–water partition coefficient (Wildman–Crippen LogP) is 3.44. The fourth-order valence-electron chi connectivity index (χ4n) is 2.97. The summed E-state index contributed by atoms with van der Waals surface area (Å²) in [6, 6.07) is 6.16. The van der Waals surface area contributed by atoms with Gasteiger partial charge in [-0.2, -0.15) is 0 Å². The molecule has 1 aliphatic rings. The molecule has 6 nitrogen and oxygen atoms in total. The summed E-state index contributed by atoms with van der Waals surface area (Å²) in [7, 11) is 0. The van der Waals surface area contributed by atoms with E-state index in [4.69, 9.17) is 0 Å². The number of hydrogen-bond donors (Lipinski definition) is 2. The number of carbonyl (C=O) groups is 2. The Hall–Kier alpha value is -1.74. The molecule has 1 unspecified atom stereocenters. The highest BCUT2D eigenvalue weighted by Crippen LogP contribution is 2.24. The quantitative estimate of drug-likeness (QED) is 0.713. The molecule has 160 valence electrons. The Kier molecular flexibility index (Phi) is 9.98. The number of halogens is 3. The molecule has 1 atom stereocenters. The van der Waals surface area contributed by atoms with Crippen LogP contribution in [0.1, 0.15) is 31.1 Å². The number of nitrogens with zero attached hydrogens (tertiary/aromatic N) is 2. The molecule has 0 saturated carbocycles. The van der Waals surface area contributed by atoms with E-state index in [1.165, 1.54) is 23.5 Å². The second-order valence-corrected chi connectivity index (χ2v) is 7.68. The summed E-state index contributed by atoms with van der Waals surface area (Å²) in [5, 5.41) is 8.29. The van der Waals surface area contributed by atoms with Crippen LogP contribution < -0.4 is 10.6 Å². The number of thiazole rings is 1. The first-order valence-electron chi connectivity index (χ1n) is 8.95. The number of rotatable bonds is 5. The largest absolute Gasteiger partial charge is 0.333 e. The van der Waals surface area contributed by atoms with Crippen molar-refractivity contribution in [1.82, 2.24) is 15.2 Å². The minimum absolute atomic E-state index is 0. The van der Waals surface area contributed by atoms with Crippen molar-refractivity contribution in [2.75, 3.05) is 25.0 Å². The summed E-state index contributed by atoms with van der Waals surface area (Å²) in [6.07, 6.45) is 0.153. The standard InChI is InChI=1S/C19H23FN4O2S.2ClH/c1-12(2)18(26)23-19-22-15(11-27-19)9-17(25)24-7-6-21-10-16(24)13-4-3-5-14(20)8-13;;/h3-5,8,11-12,16,21H,6-7,9-10H2,1-2H3,(H,22,23,26);2*1H. The molecule has 29 heavy (non-hydrogen) atoms. The van der Waals surface area contributed by atoms with Crippen molar-refractivity contribution < 1.29 is 14.0 Å². The van der Waals surface area contributed by atoms with Crippen molar-refractivity contribution in [3.05, 3.63) is 46.7 Å². The molecule has 10 heteroatoms. The van der Waals surface area contributed by atoms with Crippen molar-refractivity contribution in [2.24, 2.45) is 5.92 Å². The fraction of sp³-hybridized carbons (Fsp3) is 0.421. The lowest BCUT2D eigenvalue weighted by Gasteiger charge is -2.36. The van der Waals surface area contributed by atoms with E-state index in [1.807, 2.05) is 19.9 Å². The number of aromatic nitrogens is 1. The predicted molar refractivity (Wildman–Crippen MR) is 118 cm³/mol. The molecule has 2 N–H and O–H groups in total. The van der Waals surface area contributed by atoms with E-state index >= 15 is 0 Å². The topological polar surface area (TPSA) is 74.3 Å². The molecular formula is C19H25Cl2FN4O2S. The monoisotopic (exact) mass is 462 g/mol. The molecular weight excluding hydrogens is 438 g/mol. The Labute approximate surface area is 186 Å². The third kappa shape index (κ3) is 6.64. The van der Waals surface area contributed by atoms with Crippen LogP contribution in [-0.2, 0) is 16.0 Å². The third-order valence-corrected chi connectivity index (χ3v) is 5.24. The number of amides is 2. The molecule has 1 saturated heterocycles. The van der Waals surface area contributed by atoms with Gasteiger partial charge in [-0.3, -0.25) is 9.59 Å². The van der Waals surface area contributed by atoms with Gasteiger partial charge in [-0.1, -0.05) is 26.0 Å². The number of anilines is 1. The van der Waals surface area contributed by atoms with Crippen LogP contribution in [0.2, 0.25) is 0 Å². The van der Waals surface area contributed by atoms with E-state index < -0.39 is 0 Å². The van der Waals surface area contributed by atoms with Crippen LogP contribution in [0.4, 0.5) is 9.52 Å². The summed E-state index contributed by atoms with van der Waals surface area (Å²) < 4.78 is 13.6. The smallest absolute Gasteiger partial charge is 0.229 e. The Morgan fingerprint density at radius 3 is 2.83 bits per heavy atom. The molecule has 1 aliphatic heterocycles. The number of nitrogens with one attached hydrogen (secondary N) is 2. The summed E-state index contributed by atoms with van der Waals surface area (Å²) in [6.45, 7) is 5.46. The first kappa shape index (κ1) is 25.3. The molecule has 1 aromatic carbocycles. The Morgan fingerprint density at radius 1 is 1.38 bits per heavy atom. The lowest BCUT2D eigenvalue weighted by Crippen LogP contribution is -2.49. The van der Waals surface area contributed by atoms with Gasteiger partial charge in [-0.25, -0.2) is 9.37 Å². The average Bonchev–Trinajstić information content (AvgIpc) is 3.08. The number of hydrogen-bond acceptors (Lipinski definition) is 5. The highest BCUT2D eigenvalue weighted by atomic mass is 35.5. The summed E-state index contributed by atoms with van der Waals surface area (Å²) in [4.78, 5) is 30.7. The van der Waals surface area contributed by atoms with Gasteiger partial charge in [-0.05, 0) is 17.7 Å². The number of benzene rings is 1. The second-order valence-electron chi connectivity index (χ2n) is 6.83. The van der Waals surface area contributed by atoms with Crippen LogP contribution in [0.3, 0.4) is 0 Å². The van der Waals surface area contributed by atoms with Gasteiger partial charge in [0.15, 0.2) is 5.13 Å². The van der Waals surface area contributed by atoms with Crippen LogP contribution in [-0.4, -0.2) is 41.3 Å². The van der Waals surface area contributed by atoms with E-state index in [-0.39, 0.29) is 60.8 Å². The van der Waals surface area contributed by atoms with E-state index in [1.54, 1.807) is 16.3 Å². The Bertz CT molecular complexity index is 834. The van der Waals surface area contributed by atoms with E-state index in [0.29, 0.717) is 30.5 Å². The maximum Gasteiger partial charge on any atom is 0.229 e. The van der Waals surface area contributed by atoms with Gasteiger partial charge in [0.25, 0.3) is 0 Å². The molecule has 0 bridgehead atoms. The van der Waals surface area contributed by atoms with E-state index in [0.717, 1.165) is 5.56 Å². The molecule has 0 radical (unpaired) electrons. The van der Waals surface area contributed by atoms with Gasteiger partial charge in [0.05, 0.1) is 18.2 Å². The first-order chi connectivity index (χ1) is 12.9. The molecule has 0 spiro atoms. The molecule has 1 fully saturated rings. The zero-order chi connectivity index (χ0) is 19.4. The Balaban J connectivity index is 0.00000210. The van der Waals surface area contributed by atoms with Crippen LogP contribution in [0.25, 0.3) is 0 Å². The lowest BCUT2D eigenvalue weighted by atomic mass is 10.0. The summed E-state index contributed by atoms with van der Waals surface area (Å²) in [5.74, 6) is -0.601. The maximum absolute atomic E-state index is 13.6. The van der Waals surface area contributed by atoms with Gasteiger partial charge in [0.2, 0.25) is 11.8 Å². The summed E-state index contributed by atoms with van der Waals surface area (Å²) >= 11 is 1.31. The lowest BCUT2D eigenvalue weighted by molar-refractivity contribution is -0.133. The first-order valence-corrected chi connectivity index (χ1v) is 9.83. The molecule has 2 amide bonds. The SMILES string of the molecule is CC(C)C(=O)Nc1nc(CC(=O)N2CCNCC2c2cccc(F)c2)cs1.Cl.Cl. The van der Waals surface area contributed by atoms with Crippen molar-refractivity contribution in [2.45, 2.75) is 26.3 Å². The zero-order valence-corrected chi connectivity index (χ0v) is 18.6. The normalized spacial score (nSPS) is 16.0. The van der Waals surface area contributed by atoms with Crippen LogP contribution in [0.15, 0.2) is 29.6 Å². The van der Waals surface area contributed by atoms with E-state index in [2.05, 4.69) is 15.6 Å². The van der Waals surface area contributed by atoms with Gasteiger partial charge in [-0.15, -0.1) is 36.2 Å². The maximum atomic E-state index is 13.6. The van der Waals surface area contributed by atoms with Gasteiger partial charge >= 0.3 is 0 Å². The van der Waals surface area contributed by atoms with Crippen molar-refractivity contribution in [1.29, 1.82) is 0 Å². The molecule has 1 aromatic heterocycles. The minimum atomic E-state index is -0.310. The third-order valence-electron chi connectivity index (χ3n) is 4.44. The number of carbonyl (C=O) groups excluding carboxylic acids is 2. The second kappa shape index (κ2) is 11.4. The molecule has 2 heterocycles. The minimum Gasteiger partial charge on any atom is -0.333 e. The zero-order valence-electron chi connectivity index (χ0n) is 16.2. The van der Waals surface area contributed by atoms with Crippen molar-refractivity contribution in [3.8, 4) is 0 Å². The fourth-order valence-corrected chi connectivity index (χ4v) is 3.68. The molecule has 0 aliphatic carbocycles. The van der Waals surface area contributed by atoms with Crippen molar-refractivity contribution in [3.63, 3.8) is 0 Å². The van der Waals surface area contributed by atoms with Gasteiger partial charge in [0.1, 0.15) is 5.82 Å². The van der Waals surface area contributed by atoms with E-state index in [9.17, 15) is 14.0 Å². The highest BCUT2D eigenvalue weighted by molar-refractivity contribution is 7.13. The number of piperazine rings is 1. The van der Waals surface area contributed by atoms with Crippen LogP contribution in [0.5, 0.6) is 0 Å². The molecule has 3 rings (SSSR count). The van der Waals surface area contributed by atoms with Crippen molar-refractivity contribution >= 4 is 53.1 Å². The Morgan fingerprint density at radius 2 is 2.14 bits per heavy atom. The van der Waals surface area contributed by atoms with Crippen LogP contribution >= 0.6 is 36.2 Å². The van der Waals surface area contributed by atoms with Crippen LogP contribution in [0, 0.1) is 11.7 Å². The highest BCUT2D eigenvalue weighted by Gasteiger charge is 2.28. The molecule has 2 aromatic rings. The summed E-state index contributed by atoms with van der Waals surface area (Å²) in [5.41, 5.74) is 1.40. The van der Waals surface area contributed by atoms with Gasteiger partial charge in [0, 0.05) is 30.9 Å². The average molecular weight is 463 g/mol. The van der Waals surface area contributed by atoms with Gasteiger partial charge < -0.3 is 15.5 Å².